The van der Waals surface area contributed by atoms with Gasteiger partial charge in [-0.05, 0) is 59.7 Å². The fourth-order valence-electron chi connectivity index (χ4n) is 4.55. The molecule has 6 rings (SSSR count). The molecule has 3 heterocycles. The van der Waals surface area contributed by atoms with Crippen molar-refractivity contribution in [3.63, 3.8) is 0 Å². The van der Waals surface area contributed by atoms with Crippen LogP contribution in [0.15, 0.2) is 84.2 Å². The van der Waals surface area contributed by atoms with E-state index in [1.807, 2.05) is 18.2 Å². The number of rotatable bonds is 5. The average Bonchev–Trinajstić information content (AvgIpc) is 3.66. The van der Waals surface area contributed by atoms with Gasteiger partial charge in [0.1, 0.15) is 17.3 Å². The first kappa shape index (κ1) is 21.9. The third-order valence-electron chi connectivity index (χ3n) is 6.43. The maximum absolute atomic E-state index is 13.4. The quantitative estimate of drug-likeness (QED) is 0.410. The van der Waals surface area contributed by atoms with Crippen molar-refractivity contribution in [3.05, 3.63) is 96.2 Å². The Morgan fingerprint density at radius 2 is 1.94 bits per heavy atom. The molecule has 0 bridgehead atoms. The summed E-state index contributed by atoms with van der Waals surface area (Å²) in [4.78, 5) is 26.5. The molecule has 2 unspecified atom stereocenters. The molecule has 0 spiro atoms. The summed E-state index contributed by atoms with van der Waals surface area (Å²) in [7, 11) is 0. The van der Waals surface area contributed by atoms with E-state index in [0.717, 1.165) is 28.7 Å². The summed E-state index contributed by atoms with van der Waals surface area (Å²) >= 11 is 0. The molecule has 4 aromatic rings. The van der Waals surface area contributed by atoms with Gasteiger partial charge in [0.15, 0.2) is 0 Å². The van der Waals surface area contributed by atoms with E-state index in [1.165, 1.54) is 18.3 Å². The molecule has 0 saturated heterocycles. The summed E-state index contributed by atoms with van der Waals surface area (Å²) in [5.74, 6) is 0.817. The minimum atomic E-state index is -0.395. The zero-order valence-corrected chi connectivity index (χ0v) is 19.2. The molecule has 7 nitrogen and oxygen atoms in total. The van der Waals surface area contributed by atoms with Crippen molar-refractivity contribution >= 4 is 23.0 Å². The van der Waals surface area contributed by atoms with E-state index >= 15 is 0 Å². The summed E-state index contributed by atoms with van der Waals surface area (Å²) in [5, 5.41) is 2.90. The number of fused-ring (bicyclic) bond motifs is 3. The van der Waals surface area contributed by atoms with E-state index in [-0.39, 0.29) is 11.8 Å². The van der Waals surface area contributed by atoms with Crippen LogP contribution >= 0.6 is 0 Å². The van der Waals surface area contributed by atoms with Crippen molar-refractivity contribution in [3.8, 4) is 22.8 Å². The number of pyridine rings is 2. The van der Waals surface area contributed by atoms with Crippen LogP contribution in [-0.2, 0) is 4.79 Å². The van der Waals surface area contributed by atoms with Crippen LogP contribution in [0.2, 0.25) is 0 Å². The van der Waals surface area contributed by atoms with E-state index in [9.17, 15) is 9.18 Å². The second kappa shape index (κ2) is 8.88. The normalized spacial score (nSPS) is 17.8. The molecular formula is C28H22FN5O2. The number of nitrogens with zero attached hydrogens (tertiary/aromatic N) is 3. The van der Waals surface area contributed by atoms with Crippen molar-refractivity contribution in [1.82, 2.24) is 9.97 Å². The maximum atomic E-state index is 13.4. The van der Waals surface area contributed by atoms with Crippen molar-refractivity contribution < 1.29 is 13.9 Å². The number of nitrogens with one attached hydrogen (secondary N) is 1. The average molecular weight is 480 g/mol. The van der Waals surface area contributed by atoms with Gasteiger partial charge in [0.25, 0.3) is 5.91 Å². The molecule has 3 N–H and O–H groups in total. The number of hydrogen-bond acceptors (Lipinski definition) is 6. The first-order valence-corrected chi connectivity index (χ1v) is 11.6. The summed E-state index contributed by atoms with van der Waals surface area (Å²) in [6.07, 6.45) is 5.94. The van der Waals surface area contributed by atoms with E-state index in [1.54, 1.807) is 36.7 Å². The molecular weight excluding hydrogens is 457 g/mol. The Morgan fingerprint density at radius 3 is 2.75 bits per heavy atom. The summed E-state index contributed by atoms with van der Waals surface area (Å²) < 4.78 is 19.0. The van der Waals surface area contributed by atoms with Crippen molar-refractivity contribution in [1.29, 1.82) is 0 Å². The number of aliphatic imine (C=N–C) groups is 1. The molecule has 1 fully saturated rings. The second-order valence-corrected chi connectivity index (χ2v) is 9.00. The molecule has 1 aliphatic carbocycles. The van der Waals surface area contributed by atoms with Gasteiger partial charge in [-0.25, -0.2) is 9.37 Å². The fourth-order valence-corrected chi connectivity index (χ4v) is 4.55. The molecule has 0 radical (unpaired) electrons. The van der Waals surface area contributed by atoms with E-state index in [4.69, 9.17) is 15.5 Å². The summed E-state index contributed by atoms with van der Waals surface area (Å²) in [6.45, 7) is 0.621. The van der Waals surface area contributed by atoms with Crippen LogP contribution < -0.4 is 15.8 Å². The third-order valence-corrected chi connectivity index (χ3v) is 6.43. The van der Waals surface area contributed by atoms with Crippen LogP contribution in [-0.4, -0.2) is 28.1 Å². The number of benzene rings is 2. The Kier molecular flexibility index (Phi) is 5.41. The minimum absolute atomic E-state index is 0.288. The molecule has 1 aliphatic heterocycles. The third kappa shape index (κ3) is 4.40. The minimum Gasteiger partial charge on any atom is -0.439 e. The van der Waals surface area contributed by atoms with Gasteiger partial charge in [-0.1, -0.05) is 18.2 Å². The summed E-state index contributed by atoms with van der Waals surface area (Å²) in [6, 6.07) is 17.1. The molecule has 1 amide bonds. The number of carbonyl (C=O) groups is 1. The number of hydrogen-bond donors (Lipinski definition) is 2. The Morgan fingerprint density at radius 1 is 1.03 bits per heavy atom. The van der Waals surface area contributed by atoms with Gasteiger partial charge >= 0.3 is 0 Å². The van der Waals surface area contributed by atoms with Gasteiger partial charge < -0.3 is 15.8 Å². The monoisotopic (exact) mass is 479 g/mol. The summed E-state index contributed by atoms with van der Waals surface area (Å²) in [5.41, 5.74) is 11.2. The Balaban J connectivity index is 1.24. The number of amides is 1. The lowest BCUT2D eigenvalue weighted by atomic mass is 9.94. The molecule has 2 aliphatic rings. The van der Waals surface area contributed by atoms with Crippen LogP contribution in [0.3, 0.4) is 0 Å². The van der Waals surface area contributed by atoms with Crippen LogP contribution in [0.25, 0.3) is 11.1 Å². The predicted molar refractivity (Wildman–Crippen MR) is 136 cm³/mol. The Bertz CT molecular complexity index is 1500. The molecule has 8 heteroatoms. The van der Waals surface area contributed by atoms with Crippen molar-refractivity contribution in [2.75, 3.05) is 17.6 Å². The van der Waals surface area contributed by atoms with Gasteiger partial charge in [0, 0.05) is 42.2 Å². The molecule has 2 aromatic carbocycles. The zero-order chi connectivity index (χ0) is 24.6. The van der Waals surface area contributed by atoms with Crippen molar-refractivity contribution in [2.45, 2.75) is 12.3 Å². The fraction of sp³-hybridized carbons (Fsp3) is 0.143. The lowest BCUT2D eigenvalue weighted by Gasteiger charge is -2.14. The SMILES string of the molecule is Nc1cncc(-c2ccc3c(c2)C(C(=O)Nc2ccc(Oc4cccc(F)c4)nc2)=NCC2CC32)c1. The largest absolute Gasteiger partial charge is 0.439 e. The highest BCUT2D eigenvalue weighted by atomic mass is 19.1. The van der Waals surface area contributed by atoms with Gasteiger partial charge in [-0.2, -0.15) is 0 Å². The van der Waals surface area contributed by atoms with Crippen LogP contribution in [0.5, 0.6) is 11.6 Å². The molecule has 1 saturated carbocycles. The van der Waals surface area contributed by atoms with E-state index in [0.29, 0.717) is 41.2 Å². The van der Waals surface area contributed by atoms with Crippen LogP contribution in [0.1, 0.15) is 23.5 Å². The number of ether oxygens (including phenoxy) is 1. The first-order valence-electron chi connectivity index (χ1n) is 11.6. The van der Waals surface area contributed by atoms with Crippen molar-refractivity contribution in [2.24, 2.45) is 10.9 Å². The molecule has 178 valence electrons. The topological polar surface area (TPSA) is 102 Å². The highest BCUT2D eigenvalue weighted by molar-refractivity contribution is 6.49. The molecule has 2 atom stereocenters. The highest BCUT2D eigenvalue weighted by Crippen LogP contribution is 2.50. The highest BCUT2D eigenvalue weighted by Gasteiger charge is 2.42. The van der Waals surface area contributed by atoms with Gasteiger partial charge in [0.2, 0.25) is 5.88 Å². The number of carbonyl (C=O) groups excluding carboxylic acids is 1. The Hall–Kier alpha value is -4.59. The lowest BCUT2D eigenvalue weighted by molar-refractivity contribution is -0.110. The van der Waals surface area contributed by atoms with Crippen LogP contribution in [0, 0.1) is 11.7 Å². The van der Waals surface area contributed by atoms with Gasteiger partial charge in [-0.3, -0.25) is 14.8 Å². The second-order valence-electron chi connectivity index (χ2n) is 9.00. The van der Waals surface area contributed by atoms with E-state index in [2.05, 4.69) is 21.4 Å². The molecule has 36 heavy (non-hydrogen) atoms. The number of nitrogen functional groups attached to an aromatic ring is 1. The zero-order valence-electron chi connectivity index (χ0n) is 19.2. The smallest absolute Gasteiger partial charge is 0.274 e. The van der Waals surface area contributed by atoms with Gasteiger partial charge in [0.05, 0.1) is 17.6 Å². The standard InChI is InChI=1S/C28H22FN5O2/c29-19-2-1-3-22(11-19)36-26-7-5-21(15-32-26)34-28(35)27-25-9-16(17-8-20(30)14-31-12-17)4-6-23(25)24-10-18(24)13-33-27/h1-9,11-12,14-15,18,24H,10,13,30H2,(H,34,35). The maximum Gasteiger partial charge on any atom is 0.274 e. The molecule has 2 aromatic heterocycles. The number of halogens is 1. The predicted octanol–water partition coefficient (Wildman–Crippen LogP) is 5.20. The lowest BCUT2D eigenvalue weighted by Crippen LogP contribution is -2.25. The Labute approximate surface area is 206 Å². The van der Waals surface area contributed by atoms with E-state index < -0.39 is 5.82 Å². The first-order chi connectivity index (χ1) is 17.5. The van der Waals surface area contributed by atoms with Gasteiger partial charge in [-0.15, -0.1) is 0 Å². The van der Waals surface area contributed by atoms with Crippen LogP contribution in [0.4, 0.5) is 15.8 Å². The number of aromatic nitrogens is 2. The number of anilines is 2. The number of nitrogens with two attached hydrogens (primary N) is 1.